The predicted octanol–water partition coefficient (Wildman–Crippen LogP) is 2.44. The number of hydrogen-bond acceptors (Lipinski definition) is 4. The van der Waals surface area contributed by atoms with Gasteiger partial charge in [0.05, 0.1) is 18.3 Å². The van der Waals surface area contributed by atoms with Gasteiger partial charge in [-0.05, 0) is 17.2 Å². The van der Waals surface area contributed by atoms with Crippen LogP contribution in [0.25, 0.3) is 11.0 Å². The molecule has 1 unspecified atom stereocenters. The molecule has 3 N–H and O–H groups in total. The Morgan fingerprint density at radius 1 is 1.00 bits per heavy atom. The van der Waals surface area contributed by atoms with Gasteiger partial charge in [0.25, 0.3) is 5.91 Å². The van der Waals surface area contributed by atoms with Crippen LogP contribution >= 0.6 is 0 Å². The fourth-order valence-electron chi connectivity index (χ4n) is 3.15. The standard InChI is InChI=1S/C22H19N5O2/c23-20(28)19(16-9-5-2-6-10-16)26-22(29)18-11-17-13-25-27(21(17)24-12-18)14-15-7-3-1-4-8-15/h1-13,19H,14H2,(H2,23,28)(H,26,29). The van der Waals surface area contributed by atoms with Gasteiger partial charge >= 0.3 is 0 Å². The van der Waals surface area contributed by atoms with Gasteiger partial charge in [0.2, 0.25) is 5.91 Å². The average Bonchev–Trinajstić information content (AvgIpc) is 3.15. The molecule has 144 valence electrons. The minimum absolute atomic E-state index is 0.332. The molecule has 4 rings (SSSR count). The van der Waals surface area contributed by atoms with Gasteiger partial charge in [0.1, 0.15) is 6.04 Å². The van der Waals surface area contributed by atoms with E-state index in [1.54, 1.807) is 41.2 Å². The molecule has 2 heterocycles. The summed E-state index contributed by atoms with van der Waals surface area (Å²) in [6.07, 6.45) is 3.15. The van der Waals surface area contributed by atoms with E-state index in [1.165, 1.54) is 6.20 Å². The smallest absolute Gasteiger partial charge is 0.253 e. The first kappa shape index (κ1) is 18.4. The third-order valence-corrected chi connectivity index (χ3v) is 4.61. The number of amides is 2. The lowest BCUT2D eigenvalue weighted by Gasteiger charge is -2.15. The van der Waals surface area contributed by atoms with Crippen LogP contribution in [0.3, 0.4) is 0 Å². The minimum Gasteiger partial charge on any atom is -0.368 e. The lowest BCUT2D eigenvalue weighted by Crippen LogP contribution is -2.37. The fourth-order valence-corrected chi connectivity index (χ4v) is 3.15. The summed E-state index contributed by atoms with van der Waals surface area (Å²) in [5, 5.41) is 7.80. The molecule has 0 spiro atoms. The second-order valence-corrected chi connectivity index (χ2v) is 6.64. The van der Waals surface area contributed by atoms with Gasteiger partial charge in [-0.15, -0.1) is 0 Å². The summed E-state index contributed by atoms with van der Waals surface area (Å²) >= 11 is 0. The monoisotopic (exact) mass is 385 g/mol. The summed E-state index contributed by atoms with van der Waals surface area (Å²) in [5.74, 6) is -1.06. The molecule has 0 aliphatic rings. The molecule has 29 heavy (non-hydrogen) atoms. The normalized spacial score (nSPS) is 11.9. The van der Waals surface area contributed by atoms with Crippen molar-refractivity contribution in [1.29, 1.82) is 0 Å². The van der Waals surface area contributed by atoms with Gasteiger partial charge in [0, 0.05) is 11.6 Å². The Morgan fingerprint density at radius 3 is 2.38 bits per heavy atom. The van der Waals surface area contributed by atoms with Gasteiger partial charge in [0.15, 0.2) is 5.65 Å². The van der Waals surface area contributed by atoms with Crippen LogP contribution in [0.5, 0.6) is 0 Å². The Bertz CT molecular complexity index is 1160. The van der Waals surface area contributed by atoms with Crippen LogP contribution in [0.4, 0.5) is 0 Å². The number of carbonyl (C=O) groups is 2. The molecule has 0 fully saturated rings. The molecule has 0 radical (unpaired) electrons. The molecule has 2 aromatic carbocycles. The van der Waals surface area contributed by atoms with Gasteiger partial charge in [-0.25, -0.2) is 9.67 Å². The number of nitrogens with one attached hydrogen (secondary N) is 1. The maximum atomic E-state index is 12.7. The zero-order valence-electron chi connectivity index (χ0n) is 15.5. The summed E-state index contributed by atoms with van der Waals surface area (Å²) in [5.41, 5.74) is 8.22. The first-order valence-corrected chi connectivity index (χ1v) is 9.12. The Balaban J connectivity index is 1.56. The van der Waals surface area contributed by atoms with Gasteiger partial charge in [-0.3, -0.25) is 9.59 Å². The van der Waals surface area contributed by atoms with E-state index in [1.807, 2.05) is 36.4 Å². The van der Waals surface area contributed by atoms with Crippen LogP contribution < -0.4 is 11.1 Å². The summed E-state index contributed by atoms with van der Waals surface area (Å²) in [6.45, 7) is 0.584. The first-order valence-electron chi connectivity index (χ1n) is 9.12. The van der Waals surface area contributed by atoms with E-state index >= 15 is 0 Å². The number of fused-ring (bicyclic) bond motifs is 1. The van der Waals surface area contributed by atoms with Crippen molar-refractivity contribution < 1.29 is 9.59 Å². The van der Waals surface area contributed by atoms with Crippen LogP contribution in [-0.2, 0) is 11.3 Å². The number of nitrogens with two attached hydrogens (primary N) is 1. The quantitative estimate of drug-likeness (QED) is 0.532. The Morgan fingerprint density at radius 2 is 1.69 bits per heavy atom. The first-order chi connectivity index (χ1) is 14.1. The van der Waals surface area contributed by atoms with Crippen molar-refractivity contribution in [3.8, 4) is 0 Å². The van der Waals surface area contributed by atoms with Gasteiger partial charge in [-0.2, -0.15) is 5.10 Å². The Hall–Kier alpha value is -4.00. The zero-order chi connectivity index (χ0) is 20.2. The number of nitrogens with zero attached hydrogens (tertiary/aromatic N) is 3. The van der Waals surface area contributed by atoms with Gasteiger partial charge in [-0.1, -0.05) is 60.7 Å². The maximum absolute atomic E-state index is 12.7. The minimum atomic E-state index is -0.916. The molecule has 7 nitrogen and oxygen atoms in total. The van der Waals surface area contributed by atoms with Crippen molar-refractivity contribution in [3.05, 3.63) is 95.8 Å². The van der Waals surface area contributed by atoms with Crippen LogP contribution in [0.1, 0.15) is 27.5 Å². The highest BCUT2D eigenvalue weighted by Crippen LogP contribution is 2.17. The molecule has 0 aliphatic heterocycles. The molecule has 0 saturated heterocycles. The molecule has 0 bridgehead atoms. The molecule has 0 saturated carbocycles. The van der Waals surface area contributed by atoms with Crippen LogP contribution in [0, 0.1) is 0 Å². The van der Waals surface area contributed by atoms with E-state index in [9.17, 15) is 9.59 Å². The summed E-state index contributed by atoms with van der Waals surface area (Å²) in [6, 6.07) is 19.6. The molecule has 7 heteroatoms. The van der Waals surface area contributed by atoms with Crippen molar-refractivity contribution in [1.82, 2.24) is 20.1 Å². The highest BCUT2D eigenvalue weighted by molar-refractivity contribution is 5.99. The van der Waals surface area contributed by atoms with E-state index in [4.69, 9.17) is 5.73 Å². The van der Waals surface area contributed by atoms with Gasteiger partial charge < -0.3 is 11.1 Å². The summed E-state index contributed by atoms with van der Waals surface area (Å²) in [7, 11) is 0. The predicted molar refractivity (Wildman–Crippen MR) is 109 cm³/mol. The maximum Gasteiger partial charge on any atom is 0.253 e. The third-order valence-electron chi connectivity index (χ3n) is 4.61. The van der Waals surface area contributed by atoms with E-state index in [0.717, 1.165) is 10.9 Å². The SMILES string of the molecule is NC(=O)C(NC(=O)c1cnc2c(cnn2Cc2ccccc2)c1)c1ccccc1. The van der Waals surface area contributed by atoms with Crippen molar-refractivity contribution in [2.45, 2.75) is 12.6 Å². The number of pyridine rings is 1. The number of primary amides is 1. The van der Waals surface area contributed by atoms with Crippen LogP contribution in [0.2, 0.25) is 0 Å². The molecular weight excluding hydrogens is 366 g/mol. The lowest BCUT2D eigenvalue weighted by molar-refractivity contribution is -0.120. The third kappa shape index (κ3) is 3.98. The van der Waals surface area contributed by atoms with E-state index in [0.29, 0.717) is 23.3 Å². The van der Waals surface area contributed by atoms with Crippen molar-refractivity contribution in [2.24, 2.45) is 5.73 Å². The zero-order valence-corrected chi connectivity index (χ0v) is 15.5. The molecule has 1 atom stereocenters. The molecule has 2 aromatic heterocycles. The largest absolute Gasteiger partial charge is 0.368 e. The highest BCUT2D eigenvalue weighted by atomic mass is 16.2. The van der Waals surface area contributed by atoms with E-state index < -0.39 is 17.9 Å². The second-order valence-electron chi connectivity index (χ2n) is 6.64. The Labute approximate surface area is 167 Å². The molecular formula is C22H19N5O2. The fraction of sp³-hybridized carbons (Fsp3) is 0.0909. The Kier molecular flexibility index (Phi) is 5.03. The molecule has 2 amide bonds. The highest BCUT2D eigenvalue weighted by Gasteiger charge is 2.21. The average molecular weight is 385 g/mol. The second kappa shape index (κ2) is 7.93. The number of rotatable bonds is 6. The number of aromatic nitrogens is 3. The van der Waals surface area contributed by atoms with Crippen LogP contribution in [-0.4, -0.2) is 26.6 Å². The number of carbonyl (C=O) groups excluding carboxylic acids is 2. The van der Waals surface area contributed by atoms with E-state index in [2.05, 4.69) is 15.4 Å². The molecule has 0 aliphatic carbocycles. The molecule has 4 aromatic rings. The van der Waals surface area contributed by atoms with Crippen molar-refractivity contribution >= 4 is 22.8 Å². The summed E-state index contributed by atoms with van der Waals surface area (Å²) in [4.78, 5) is 28.9. The number of hydrogen-bond donors (Lipinski definition) is 2. The summed E-state index contributed by atoms with van der Waals surface area (Å²) < 4.78 is 1.78. The topological polar surface area (TPSA) is 103 Å². The lowest BCUT2D eigenvalue weighted by atomic mass is 10.1. The van der Waals surface area contributed by atoms with Crippen LogP contribution in [0.15, 0.2) is 79.1 Å². The van der Waals surface area contributed by atoms with Crippen molar-refractivity contribution in [2.75, 3.05) is 0 Å². The van der Waals surface area contributed by atoms with Crippen molar-refractivity contribution in [3.63, 3.8) is 0 Å². The van der Waals surface area contributed by atoms with E-state index in [-0.39, 0.29) is 0 Å². The number of benzene rings is 2.